The molecule has 0 radical (unpaired) electrons. The number of sulfonamides is 1. The summed E-state index contributed by atoms with van der Waals surface area (Å²) in [7, 11) is -4.01. The van der Waals surface area contributed by atoms with Gasteiger partial charge in [-0.25, -0.2) is 8.42 Å². The molecule has 0 saturated heterocycles. The van der Waals surface area contributed by atoms with Crippen LogP contribution in [-0.2, 0) is 19.6 Å². The first-order chi connectivity index (χ1) is 13.7. The first-order valence-corrected chi connectivity index (χ1v) is 11.3. The van der Waals surface area contributed by atoms with E-state index in [2.05, 4.69) is 5.32 Å². The average Bonchev–Trinajstić information content (AvgIpc) is 2.67. The van der Waals surface area contributed by atoms with E-state index in [0.717, 1.165) is 4.31 Å². The second-order valence-electron chi connectivity index (χ2n) is 6.54. The quantitative estimate of drug-likeness (QED) is 0.543. The molecule has 9 heteroatoms. The van der Waals surface area contributed by atoms with Crippen molar-refractivity contribution in [3.8, 4) is 0 Å². The molecule has 1 N–H and O–H groups in total. The molecule has 2 rings (SSSR count). The highest BCUT2D eigenvalue weighted by Crippen LogP contribution is 2.32. The van der Waals surface area contributed by atoms with Gasteiger partial charge in [0.05, 0.1) is 21.7 Å². The first-order valence-electron chi connectivity index (χ1n) is 9.13. The van der Waals surface area contributed by atoms with Crippen LogP contribution >= 0.6 is 23.2 Å². The number of rotatable bonds is 10. The van der Waals surface area contributed by atoms with E-state index < -0.39 is 22.5 Å². The molecule has 0 aliphatic rings. The van der Waals surface area contributed by atoms with Crippen molar-refractivity contribution in [2.75, 3.05) is 24.0 Å². The van der Waals surface area contributed by atoms with Gasteiger partial charge in [0.15, 0.2) is 0 Å². The van der Waals surface area contributed by atoms with Gasteiger partial charge in [0.25, 0.3) is 10.0 Å². The summed E-state index contributed by atoms with van der Waals surface area (Å²) in [6.45, 7) is 4.33. The molecule has 2 aromatic carbocycles. The fraction of sp³-hybridized carbons (Fsp3) is 0.350. The Labute approximate surface area is 181 Å². The Balaban J connectivity index is 2.21. The summed E-state index contributed by atoms with van der Waals surface area (Å²) in [5.41, 5.74) is 0.179. The number of nitrogens with one attached hydrogen (secondary N) is 1. The summed E-state index contributed by atoms with van der Waals surface area (Å²) in [6.07, 6.45) is 0.737. The van der Waals surface area contributed by atoms with Crippen LogP contribution in [0.25, 0.3) is 0 Å². The zero-order valence-electron chi connectivity index (χ0n) is 16.3. The van der Waals surface area contributed by atoms with E-state index in [1.807, 2.05) is 13.8 Å². The molecule has 1 amide bonds. The Bertz CT molecular complexity index is 921. The van der Waals surface area contributed by atoms with Crippen LogP contribution in [0.4, 0.5) is 5.69 Å². The van der Waals surface area contributed by atoms with Crippen LogP contribution in [0.3, 0.4) is 0 Å². The van der Waals surface area contributed by atoms with E-state index in [9.17, 15) is 13.2 Å². The lowest BCUT2D eigenvalue weighted by Crippen LogP contribution is -2.41. The number of ether oxygens (including phenoxy) is 1. The van der Waals surface area contributed by atoms with Gasteiger partial charge in [0.1, 0.15) is 6.54 Å². The van der Waals surface area contributed by atoms with Gasteiger partial charge in [-0.1, -0.05) is 41.4 Å². The summed E-state index contributed by atoms with van der Waals surface area (Å²) in [5, 5.41) is 3.22. The van der Waals surface area contributed by atoms with Gasteiger partial charge in [-0.2, -0.15) is 0 Å². The number of amides is 1. The predicted molar refractivity (Wildman–Crippen MR) is 116 cm³/mol. The summed E-state index contributed by atoms with van der Waals surface area (Å²) >= 11 is 12.2. The summed E-state index contributed by atoms with van der Waals surface area (Å²) in [6, 6.07) is 12.3. The van der Waals surface area contributed by atoms with E-state index in [-0.39, 0.29) is 21.7 Å². The SMILES string of the molecule is CC(C)OCCCNC(=O)CN(c1ccc(Cl)cc1Cl)S(=O)(=O)c1ccccc1. The van der Waals surface area contributed by atoms with Gasteiger partial charge in [0, 0.05) is 18.2 Å². The number of anilines is 1. The van der Waals surface area contributed by atoms with Gasteiger partial charge in [0.2, 0.25) is 5.91 Å². The zero-order valence-corrected chi connectivity index (χ0v) is 18.6. The number of hydrogen-bond donors (Lipinski definition) is 1. The van der Waals surface area contributed by atoms with E-state index >= 15 is 0 Å². The molecule has 0 fully saturated rings. The molecular formula is C20H24Cl2N2O4S. The molecule has 0 spiro atoms. The van der Waals surface area contributed by atoms with Crippen molar-refractivity contribution in [3.05, 3.63) is 58.6 Å². The third-order valence-corrected chi connectivity index (χ3v) is 6.20. The molecule has 0 aliphatic heterocycles. The van der Waals surface area contributed by atoms with Crippen LogP contribution in [0.15, 0.2) is 53.4 Å². The maximum atomic E-state index is 13.2. The third kappa shape index (κ3) is 6.89. The molecule has 0 heterocycles. The fourth-order valence-corrected chi connectivity index (χ4v) is 4.53. The van der Waals surface area contributed by atoms with Gasteiger partial charge in [-0.15, -0.1) is 0 Å². The van der Waals surface area contributed by atoms with Crippen LogP contribution < -0.4 is 9.62 Å². The lowest BCUT2D eigenvalue weighted by molar-refractivity contribution is -0.119. The summed E-state index contributed by atoms with van der Waals surface area (Å²) in [4.78, 5) is 12.5. The molecule has 29 heavy (non-hydrogen) atoms. The highest BCUT2D eigenvalue weighted by Gasteiger charge is 2.28. The van der Waals surface area contributed by atoms with Crippen molar-refractivity contribution in [2.24, 2.45) is 0 Å². The van der Waals surface area contributed by atoms with Crippen LogP contribution in [0.2, 0.25) is 10.0 Å². The van der Waals surface area contributed by atoms with Crippen LogP contribution in [0, 0.1) is 0 Å². The van der Waals surface area contributed by atoms with E-state index in [4.69, 9.17) is 27.9 Å². The van der Waals surface area contributed by atoms with Crippen molar-refractivity contribution in [1.82, 2.24) is 5.32 Å². The topological polar surface area (TPSA) is 75.7 Å². The number of carbonyl (C=O) groups excluding carboxylic acids is 1. The van der Waals surface area contributed by atoms with Gasteiger partial charge >= 0.3 is 0 Å². The Morgan fingerprint density at radius 2 is 1.83 bits per heavy atom. The van der Waals surface area contributed by atoms with Crippen molar-refractivity contribution in [2.45, 2.75) is 31.3 Å². The number of halogens is 2. The minimum Gasteiger partial charge on any atom is -0.379 e. The molecule has 0 unspecified atom stereocenters. The third-order valence-electron chi connectivity index (χ3n) is 3.89. The van der Waals surface area contributed by atoms with E-state index in [1.165, 1.54) is 30.3 Å². The van der Waals surface area contributed by atoms with Crippen molar-refractivity contribution in [3.63, 3.8) is 0 Å². The second-order valence-corrected chi connectivity index (χ2v) is 9.25. The number of benzene rings is 2. The normalized spacial score (nSPS) is 11.5. The van der Waals surface area contributed by atoms with Gasteiger partial charge in [-0.3, -0.25) is 9.10 Å². The molecule has 158 valence electrons. The van der Waals surface area contributed by atoms with Crippen molar-refractivity contribution < 1.29 is 17.9 Å². The molecule has 0 bridgehead atoms. The first kappa shape index (κ1) is 23.5. The monoisotopic (exact) mass is 458 g/mol. The Hall–Kier alpha value is -1.80. The van der Waals surface area contributed by atoms with Crippen molar-refractivity contribution in [1.29, 1.82) is 0 Å². The maximum absolute atomic E-state index is 13.2. The van der Waals surface area contributed by atoms with E-state index in [1.54, 1.807) is 18.2 Å². The number of hydrogen-bond acceptors (Lipinski definition) is 4. The van der Waals surface area contributed by atoms with Crippen molar-refractivity contribution >= 4 is 44.8 Å². The molecule has 0 aliphatic carbocycles. The highest BCUT2D eigenvalue weighted by molar-refractivity contribution is 7.92. The zero-order chi connectivity index (χ0) is 21.4. The average molecular weight is 459 g/mol. The number of carbonyl (C=O) groups is 1. The fourth-order valence-electron chi connectivity index (χ4n) is 2.51. The molecule has 2 aromatic rings. The lowest BCUT2D eigenvalue weighted by atomic mass is 10.3. The summed E-state index contributed by atoms with van der Waals surface area (Å²) < 4.78 is 32.8. The van der Waals surface area contributed by atoms with E-state index in [0.29, 0.717) is 24.6 Å². The molecular weight excluding hydrogens is 435 g/mol. The Morgan fingerprint density at radius 1 is 1.14 bits per heavy atom. The summed E-state index contributed by atoms with van der Waals surface area (Å²) in [5.74, 6) is -0.444. The second kappa shape index (κ2) is 10.8. The minimum atomic E-state index is -4.01. The van der Waals surface area contributed by atoms with Crippen LogP contribution in [0.1, 0.15) is 20.3 Å². The maximum Gasteiger partial charge on any atom is 0.264 e. The highest BCUT2D eigenvalue weighted by atomic mass is 35.5. The Morgan fingerprint density at radius 3 is 2.45 bits per heavy atom. The molecule has 0 aromatic heterocycles. The van der Waals surface area contributed by atoms with Gasteiger partial charge < -0.3 is 10.1 Å². The molecule has 6 nitrogen and oxygen atoms in total. The standard InChI is InChI=1S/C20H24Cl2N2O4S/c1-15(2)28-12-6-11-23-20(25)14-24(19-10-9-16(21)13-18(19)22)29(26,27)17-7-4-3-5-8-17/h3-5,7-10,13,15H,6,11-12,14H2,1-2H3,(H,23,25). The lowest BCUT2D eigenvalue weighted by Gasteiger charge is -2.25. The smallest absolute Gasteiger partial charge is 0.264 e. The Kier molecular flexibility index (Phi) is 8.77. The predicted octanol–water partition coefficient (Wildman–Crippen LogP) is 4.12. The van der Waals surface area contributed by atoms with Crippen LogP contribution in [-0.4, -0.2) is 40.1 Å². The molecule has 0 atom stereocenters. The largest absolute Gasteiger partial charge is 0.379 e. The van der Waals surface area contributed by atoms with Crippen LogP contribution in [0.5, 0.6) is 0 Å². The number of nitrogens with zero attached hydrogens (tertiary/aromatic N) is 1. The molecule has 0 saturated carbocycles. The minimum absolute atomic E-state index is 0.0594. The van der Waals surface area contributed by atoms with Gasteiger partial charge in [-0.05, 0) is 50.6 Å².